The van der Waals surface area contributed by atoms with Crippen molar-refractivity contribution in [1.82, 2.24) is 9.88 Å². The van der Waals surface area contributed by atoms with Crippen LogP contribution in [0.5, 0.6) is 0 Å². The van der Waals surface area contributed by atoms with Crippen molar-refractivity contribution in [1.29, 1.82) is 0 Å². The molecule has 22 heavy (non-hydrogen) atoms. The number of hydrogen-bond donors (Lipinski definition) is 0. The van der Waals surface area contributed by atoms with Crippen molar-refractivity contribution < 1.29 is 4.42 Å². The first-order valence-electron chi connectivity index (χ1n) is 6.73. The van der Waals surface area contributed by atoms with E-state index in [1.54, 1.807) is 17.5 Å². The highest BCUT2D eigenvalue weighted by Gasteiger charge is 2.10. The highest BCUT2D eigenvalue weighted by atomic mass is 35.5. The molecule has 0 spiro atoms. The number of thiophene rings is 1. The first kappa shape index (κ1) is 15.6. The number of oxazole rings is 1. The third kappa shape index (κ3) is 3.90. The summed E-state index contributed by atoms with van der Waals surface area (Å²) in [6, 6.07) is 11.5. The molecule has 0 aliphatic heterocycles. The van der Waals surface area contributed by atoms with Crippen LogP contribution >= 0.6 is 34.5 Å². The second-order valence-corrected chi connectivity index (χ2v) is 7.24. The smallest absolute Gasteiger partial charge is 0.209 e. The normalized spacial score (nSPS) is 11.3. The predicted octanol–water partition coefficient (Wildman–Crippen LogP) is 5.34. The van der Waals surface area contributed by atoms with Gasteiger partial charge in [-0.15, -0.1) is 11.3 Å². The Morgan fingerprint density at radius 1 is 1.18 bits per heavy atom. The van der Waals surface area contributed by atoms with Gasteiger partial charge in [0.1, 0.15) is 0 Å². The van der Waals surface area contributed by atoms with Crippen molar-refractivity contribution in [3.8, 4) is 11.3 Å². The molecular weight excluding hydrogens is 339 g/mol. The molecule has 0 aliphatic rings. The third-order valence-corrected chi connectivity index (χ3v) is 4.57. The zero-order chi connectivity index (χ0) is 15.5. The summed E-state index contributed by atoms with van der Waals surface area (Å²) >= 11 is 13.5. The van der Waals surface area contributed by atoms with Crippen LogP contribution in [-0.2, 0) is 13.1 Å². The molecule has 0 N–H and O–H groups in total. The van der Waals surface area contributed by atoms with Crippen LogP contribution in [0.1, 0.15) is 10.8 Å². The van der Waals surface area contributed by atoms with E-state index in [1.807, 2.05) is 43.4 Å². The van der Waals surface area contributed by atoms with Crippen LogP contribution in [0.2, 0.25) is 9.36 Å². The number of nitrogens with zero attached hydrogens (tertiary/aromatic N) is 2. The Kier molecular flexibility index (Phi) is 4.84. The van der Waals surface area contributed by atoms with Crippen molar-refractivity contribution in [3.05, 3.63) is 62.7 Å². The van der Waals surface area contributed by atoms with Crippen molar-refractivity contribution in [2.24, 2.45) is 0 Å². The molecule has 3 rings (SSSR count). The fourth-order valence-electron chi connectivity index (χ4n) is 2.15. The maximum Gasteiger partial charge on any atom is 0.209 e. The van der Waals surface area contributed by atoms with E-state index in [0.29, 0.717) is 17.5 Å². The summed E-state index contributed by atoms with van der Waals surface area (Å²) in [7, 11) is 2.02. The van der Waals surface area contributed by atoms with Crippen molar-refractivity contribution in [2.75, 3.05) is 7.05 Å². The summed E-state index contributed by atoms with van der Waals surface area (Å²) in [5, 5.41) is 0.683. The lowest BCUT2D eigenvalue weighted by molar-refractivity contribution is 0.285. The van der Waals surface area contributed by atoms with Crippen LogP contribution in [0, 0.1) is 0 Å². The highest BCUT2D eigenvalue weighted by Crippen LogP contribution is 2.25. The molecule has 0 amide bonds. The van der Waals surface area contributed by atoms with E-state index in [9.17, 15) is 0 Å². The highest BCUT2D eigenvalue weighted by molar-refractivity contribution is 7.16. The SMILES string of the molecule is CN(Cc1ncc(-c2cccc(Cl)c2)o1)Cc1ccc(Cl)s1. The van der Waals surface area contributed by atoms with Crippen LogP contribution in [-0.4, -0.2) is 16.9 Å². The van der Waals surface area contributed by atoms with Gasteiger partial charge in [-0.2, -0.15) is 0 Å². The number of rotatable bonds is 5. The van der Waals surface area contributed by atoms with Gasteiger partial charge in [0, 0.05) is 22.0 Å². The van der Waals surface area contributed by atoms with Crippen LogP contribution in [0.3, 0.4) is 0 Å². The van der Waals surface area contributed by atoms with Gasteiger partial charge in [-0.1, -0.05) is 35.3 Å². The van der Waals surface area contributed by atoms with Gasteiger partial charge < -0.3 is 4.42 Å². The molecule has 0 atom stereocenters. The molecule has 2 aromatic heterocycles. The molecule has 3 nitrogen and oxygen atoms in total. The maximum absolute atomic E-state index is 6.00. The Labute approximate surface area is 143 Å². The Morgan fingerprint density at radius 3 is 2.77 bits per heavy atom. The van der Waals surface area contributed by atoms with Crippen LogP contribution in [0.4, 0.5) is 0 Å². The Morgan fingerprint density at radius 2 is 2.05 bits per heavy atom. The van der Waals surface area contributed by atoms with Gasteiger partial charge in [0.25, 0.3) is 0 Å². The number of hydrogen-bond acceptors (Lipinski definition) is 4. The number of aromatic nitrogens is 1. The first-order valence-corrected chi connectivity index (χ1v) is 8.31. The van der Waals surface area contributed by atoms with Gasteiger partial charge in [-0.05, 0) is 31.3 Å². The van der Waals surface area contributed by atoms with Gasteiger partial charge in [-0.25, -0.2) is 4.98 Å². The van der Waals surface area contributed by atoms with E-state index in [-0.39, 0.29) is 0 Å². The van der Waals surface area contributed by atoms with Crippen LogP contribution < -0.4 is 0 Å². The topological polar surface area (TPSA) is 29.3 Å². The Hall–Kier alpha value is -1.33. The summed E-state index contributed by atoms with van der Waals surface area (Å²) in [4.78, 5) is 7.69. The molecule has 0 saturated heterocycles. The molecule has 0 bridgehead atoms. The molecular formula is C16H14Cl2N2OS. The molecule has 0 saturated carbocycles. The second kappa shape index (κ2) is 6.84. The fraction of sp³-hybridized carbons (Fsp3) is 0.188. The molecule has 6 heteroatoms. The van der Waals surface area contributed by atoms with E-state index < -0.39 is 0 Å². The lowest BCUT2D eigenvalue weighted by Gasteiger charge is -2.12. The van der Waals surface area contributed by atoms with E-state index in [1.165, 1.54) is 4.88 Å². The van der Waals surface area contributed by atoms with Crippen LogP contribution in [0.25, 0.3) is 11.3 Å². The first-order chi connectivity index (χ1) is 10.6. The third-order valence-electron chi connectivity index (χ3n) is 3.12. The zero-order valence-corrected chi connectivity index (χ0v) is 14.3. The van der Waals surface area contributed by atoms with E-state index >= 15 is 0 Å². The average molecular weight is 353 g/mol. The number of benzene rings is 1. The van der Waals surface area contributed by atoms with Crippen molar-refractivity contribution in [3.63, 3.8) is 0 Å². The van der Waals surface area contributed by atoms with Gasteiger partial charge >= 0.3 is 0 Å². The predicted molar refractivity (Wildman–Crippen MR) is 91.4 cm³/mol. The van der Waals surface area contributed by atoms with E-state index in [0.717, 1.165) is 22.2 Å². The van der Waals surface area contributed by atoms with Crippen molar-refractivity contribution >= 4 is 34.5 Å². The molecule has 2 heterocycles. The minimum atomic E-state index is 0.635. The van der Waals surface area contributed by atoms with Crippen molar-refractivity contribution in [2.45, 2.75) is 13.1 Å². The summed E-state index contributed by atoms with van der Waals surface area (Å²) in [5.74, 6) is 1.41. The lowest BCUT2D eigenvalue weighted by atomic mass is 10.2. The van der Waals surface area contributed by atoms with Gasteiger partial charge in [0.15, 0.2) is 5.76 Å². The maximum atomic E-state index is 6.00. The second-order valence-electron chi connectivity index (χ2n) is 5.01. The van der Waals surface area contributed by atoms with Gasteiger partial charge in [-0.3, -0.25) is 4.90 Å². The van der Waals surface area contributed by atoms with Gasteiger partial charge in [0.2, 0.25) is 5.89 Å². The van der Waals surface area contributed by atoms with E-state index in [4.69, 9.17) is 27.6 Å². The minimum absolute atomic E-state index is 0.635. The lowest BCUT2D eigenvalue weighted by Crippen LogP contribution is -2.16. The molecule has 0 fully saturated rings. The summed E-state index contributed by atoms with van der Waals surface area (Å²) in [5.41, 5.74) is 0.930. The Bertz CT molecular complexity index is 769. The Balaban J connectivity index is 1.66. The summed E-state index contributed by atoms with van der Waals surface area (Å²) in [6.45, 7) is 1.45. The molecule has 0 aliphatic carbocycles. The zero-order valence-electron chi connectivity index (χ0n) is 11.9. The molecule has 0 radical (unpaired) electrons. The fourth-order valence-corrected chi connectivity index (χ4v) is 3.51. The summed E-state index contributed by atoms with van der Waals surface area (Å²) in [6.07, 6.45) is 1.73. The number of halogens is 2. The minimum Gasteiger partial charge on any atom is -0.439 e. The van der Waals surface area contributed by atoms with Crippen LogP contribution in [0.15, 0.2) is 47.0 Å². The molecule has 3 aromatic rings. The standard InChI is InChI=1S/C16H14Cl2N2OS/c1-20(9-13-5-6-15(18)22-13)10-16-19-8-14(21-16)11-3-2-4-12(17)7-11/h2-8H,9-10H2,1H3. The van der Waals surface area contributed by atoms with E-state index in [2.05, 4.69) is 9.88 Å². The largest absolute Gasteiger partial charge is 0.439 e. The quantitative estimate of drug-likeness (QED) is 0.620. The summed E-state index contributed by atoms with van der Waals surface area (Å²) < 4.78 is 6.61. The average Bonchev–Trinajstić information content (AvgIpc) is 3.08. The molecule has 1 aromatic carbocycles. The molecule has 0 unspecified atom stereocenters. The van der Waals surface area contributed by atoms with Gasteiger partial charge in [0.05, 0.1) is 17.1 Å². The monoisotopic (exact) mass is 352 g/mol. The molecule has 114 valence electrons.